The van der Waals surface area contributed by atoms with Crippen molar-refractivity contribution < 1.29 is 35.9 Å². The summed E-state index contributed by atoms with van der Waals surface area (Å²) in [5, 5.41) is 12.7. The van der Waals surface area contributed by atoms with Crippen molar-refractivity contribution >= 4 is 11.9 Å². The summed E-state index contributed by atoms with van der Waals surface area (Å²) >= 11 is 0. The molecule has 3 amide bonds. The quantitative estimate of drug-likeness (QED) is 0.514. The van der Waals surface area contributed by atoms with Gasteiger partial charge in [-0.2, -0.15) is 31.1 Å². The molecule has 2 aromatic rings. The molecule has 2 rings (SSSR count). The second kappa shape index (κ2) is 7.92. The highest BCUT2D eigenvalue weighted by Gasteiger charge is 2.37. The van der Waals surface area contributed by atoms with Crippen molar-refractivity contribution in [3.8, 4) is 11.4 Å². The van der Waals surface area contributed by atoms with Crippen molar-refractivity contribution in [2.45, 2.75) is 25.3 Å². The van der Waals surface area contributed by atoms with Gasteiger partial charge in [0.1, 0.15) is 0 Å². The highest BCUT2D eigenvalue weighted by molar-refractivity contribution is 5.83. The van der Waals surface area contributed by atoms with E-state index in [4.69, 9.17) is 0 Å². The smallest absolute Gasteiger partial charge is 0.340 e. The number of aromatic nitrogens is 4. The lowest BCUT2D eigenvalue weighted by molar-refractivity contribution is -0.143. The SMILES string of the molecule is CNC(=O)NNC(=O)[C@H](C)n1nnc(-c2cc(C(F)(F)F)cc(C(F)(F)F)c2)n1. The highest BCUT2D eigenvalue weighted by atomic mass is 19.4. The minimum atomic E-state index is -5.04. The van der Waals surface area contributed by atoms with Crippen LogP contribution in [0.2, 0.25) is 0 Å². The number of benzene rings is 1. The number of carbonyl (C=O) groups is 2. The predicted octanol–water partition coefficient (Wildman–Crippen LogP) is 1.90. The molecule has 0 spiro atoms. The minimum absolute atomic E-state index is 0.0333. The van der Waals surface area contributed by atoms with Gasteiger partial charge < -0.3 is 5.32 Å². The Morgan fingerprint density at radius 2 is 1.55 bits per heavy atom. The average Bonchev–Trinajstić information content (AvgIpc) is 3.13. The lowest BCUT2D eigenvalue weighted by Gasteiger charge is -2.13. The normalized spacial score (nSPS) is 13.0. The molecule has 0 saturated carbocycles. The van der Waals surface area contributed by atoms with Crippen molar-refractivity contribution in [2.75, 3.05) is 7.05 Å². The Hall–Kier alpha value is -3.39. The summed E-state index contributed by atoms with van der Waals surface area (Å²) in [5.74, 6) is -1.38. The number of urea groups is 1. The molecule has 158 valence electrons. The van der Waals surface area contributed by atoms with Crippen molar-refractivity contribution in [2.24, 2.45) is 0 Å². The Balaban J connectivity index is 2.34. The van der Waals surface area contributed by atoms with Crippen molar-refractivity contribution in [1.29, 1.82) is 0 Å². The summed E-state index contributed by atoms with van der Waals surface area (Å²) in [6.07, 6.45) is -10.1. The molecule has 0 radical (unpaired) electrons. The molecule has 1 aromatic heterocycles. The Morgan fingerprint density at radius 1 is 1.00 bits per heavy atom. The van der Waals surface area contributed by atoms with Crippen LogP contribution < -0.4 is 16.2 Å². The van der Waals surface area contributed by atoms with Gasteiger partial charge >= 0.3 is 18.4 Å². The number of hydrogen-bond donors (Lipinski definition) is 3. The van der Waals surface area contributed by atoms with Gasteiger partial charge in [-0.3, -0.25) is 10.2 Å². The summed E-state index contributed by atoms with van der Waals surface area (Å²) in [5.41, 5.74) is 0.319. The van der Waals surface area contributed by atoms with Crippen LogP contribution in [-0.2, 0) is 17.1 Å². The number of tetrazole rings is 1. The third-order valence-corrected chi connectivity index (χ3v) is 3.53. The highest BCUT2D eigenvalue weighted by Crippen LogP contribution is 2.37. The molecule has 1 heterocycles. The molecule has 0 unspecified atom stereocenters. The van der Waals surface area contributed by atoms with Crippen molar-refractivity contribution in [3.05, 3.63) is 29.3 Å². The van der Waals surface area contributed by atoms with Crippen LogP contribution in [0.25, 0.3) is 11.4 Å². The summed E-state index contributed by atoms with van der Waals surface area (Å²) in [4.78, 5) is 23.6. The predicted molar refractivity (Wildman–Crippen MR) is 83.7 cm³/mol. The first-order valence-corrected chi connectivity index (χ1v) is 7.70. The number of carbonyl (C=O) groups excluding carboxylic acids is 2. The van der Waals surface area contributed by atoms with Gasteiger partial charge in [-0.15, -0.1) is 10.2 Å². The summed E-state index contributed by atoms with van der Waals surface area (Å²) in [7, 11) is 1.29. The zero-order chi connectivity index (χ0) is 22.0. The Kier molecular flexibility index (Phi) is 5.98. The number of alkyl halides is 6. The number of halogens is 6. The fourth-order valence-electron chi connectivity index (χ4n) is 1.98. The van der Waals surface area contributed by atoms with Gasteiger partial charge in [-0.05, 0) is 30.3 Å². The van der Waals surface area contributed by atoms with Crippen LogP contribution in [0.4, 0.5) is 31.1 Å². The fourth-order valence-corrected chi connectivity index (χ4v) is 1.98. The van der Waals surface area contributed by atoms with Gasteiger partial charge in [0.15, 0.2) is 6.04 Å². The molecular weight excluding hydrogens is 412 g/mol. The number of hydrazine groups is 1. The van der Waals surface area contributed by atoms with Crippen LogP contribution in [0.1, 0.15) is 24.1 Å². The largest absolute Gasteiger partial charge is 0.416 e. The van der Waals surface area contributed by atoms with Gasteiger partial charge in [-0.25, -0.2) is 10.2 Å². The zero-order valence-electron chi connectivity index (χ0n) is 14.7. The second-order valence-corrected chi connectivity index (χ2v) is 5.60. The molecule has 0 aliphatic heterocycles. The molecule has 0 aliphatic carbocycles. The van der Waals surface area contributed by atoms with E-state index in [1.165, 1.54) is 14.0 Å². The minimum Gasteiger partial charge on any atom is -0.340 e. The maximum absolute atomic E-state index is 12.9. The number of nitrogens with one attached hydrogen (secondary N) is 3. The van der Waals surface area contributed by atoms with Crippen LogP contribution in [-0.4, -0.2) is 39.2 Å². The molecular formula is C14H13F6N7O2. The standard InChI is InChI=1S/C14H13F6N7O2/c1-6(11(28)23-24-12(29)21-2)27-25-10(22-26-27)7-3-8(13(15,16)17)5-9(4-7)14(18,19)20/h3-6H,1-2H3,(H,23,28)(H2,21,24,29)/t6-/m0/s1. The zero-order valence-corrected chi connectivity index (χ0v) is 14.7. The Morgan fingerprint density at radius 3 is 2.03 bits per heavy atom. The molecule has 1 aromatic carbocycles. The molecule has 0 aliphatic rings. The number of amides is 3. The summed E-state index contributed by atoms with van der Waals surface area (Å²) in [6.45, 7) is 1.26. The van der Waals surface area contributed by atoms with Crippen LogP contribution in [0.3, 0.4) is 0 Å². The number of rotatable bonds is 3. The van der Waals surface area contributed by atoms with E-state index in [0.29, 0.717) is 16.9 Å². The average molecular weight is 425 g/mol. The lowest BCUT2D eigenvalue weighted by Crippen LogP contribution is -2.48. The molecule has 9 nitrogen and oxygen atoms in total. The molecule has 15 heteroatoms. The van der Waals surface area contributed by atoms with Crippen LogP contribution >= 0.6 is 0 Å². The van der Waals surface area contributed by atoms with E-state index in [0.717, 1.165) is 0 Å². The van der Waals surface area contributed by atoms with Crippen molar-refractivity contribution in [3.63, 3.8) is 0 Å². The third kappa shape index (κ3) is 5.32. The van der Waals surface area contributed by atoms with Crippen molar-refractivity contribution in [1.82, 2.24) is 36.4 Å². The summed E-state index contributed by atoms with van der Waals surface area (Å²) in [6, 6.07) is -1.08. The van der Waals surface area contributed by atoms with Crippen LogP contribution in [0.15, 0.2) is 18.2 Å². The molecule has 1 atom stereocenters. The number of nitrogens with zero attached hydrogens (tertiary/aromatic N) is 4. The van der Waals surface area contributed by atoms with E-state index < -0.39 is 52.8 Å². The Bertz CT molecular complexity index is 876. The van der Waals surface area contributed by atoms with Gasteiger partial charge in [-0.1, -0.05) is 0 Å². The maximum Gasteiger partial charge on any atom is 0.416 e. The molecule has 3 N–H and O–H groups in total. The van der Waals surface area contributed by atoms with Gasteiger partial charge in [0.2, 0.25) is 5.82 Å². The summed E-state index contributed by atoms with van der Waals surface area (Å²) < 4.78 is 77.7. The lowest BCUT2D eigenvalue weighted by atomic mass is 10.0. The molecule has 29 heavy (non-hydrogen) atoms. The third-order valence-electron chi connectivity index (χ3n) is 3.53. The van der Waals surface area contributed by atoms with E-state index in [1.54, 1.807) is 0 Å². The number of hydrogen-bond acceptors (Lipinski definition) is 5. The Labute approximate surface area is 158 Å². The van der Waals surface area contributed by atoms with Crippen LogP contribution in [0.5, 0.6) is 0 Å². The topological polar surface area (TPSA) is 114 Å². The van der Waals surface area contributed by atoms with E-state index in [2.05, 4.69) is 20.7 Å². The van der Waals surface area contributed by atoms with E-state index >= 15 is 0 Å². The first-order chi connectivity index (χ1) is 13.3. The maximum atomic E-state index is 12.9. The van der Waals surface area contributed by atoms with Gasteiger partial charge in [0, 0.05) is 12.6 Å². The van der Waals surface area contributed by atoms with E-state index in [-0.39, 0.29) is 6.07 Å². The first kappa shape index (κ1) is 21.9. The van der Waals surface area contributed by atoms with E-state index in [1.807, 2.05) is 10.9 Å². The van der Waals surface area contributed by atoms with Gasteiger partial charge in [0.25, 0.3) is 5.91 Å². The second-order valence-electron chi connectivity index (χ2n) is 5.60. The van der Waals surface area contributed by atoms with Crippen LogP contribution in [0, 0.1) is 0 Å². The molecule has 0 saturated heterocycles. The monoisotopic (exact) mass is 425 g/mol. The van der Waals surface area contributed by atoms with Gasteiger partial charge in [0.05, 0.1) is 11.1 Å². The first-order valence-electron chi connectivity index (χ1n) is 7.70. The molecule has 0 bridgehead atoms. The molecule has 0 fully saturated rings. The fraction of sp³-hybridized carbons (Fsp3) is 0.357. The van der Waals surface area contributed by atoms with E-state index in [9.17, 15) is 35.9 Å².